The molecule has 0 atom stereocenters. The lowest BCUT2D eigenvalue weighted by molar-refractivity contribution is 0.185. The van der Waals surface area contributed by atoms with Gasteiger partial charge in [0.1, 0.15) is 5.82 Å². The third kappa shape index (κ3) is 3.57. The Morgan fingerprint density at radius 1 is 1.24 bits per heavy atom. The molecule has 0 aliphatic heterocycles. The van der Waals surface area contributed by atoms with Crippen molar-refractivity contribution in [3.8, 4) is 0 Å². The van der Waals surface area contributed by atoms with Crippen LogP contribution in [0.1, 0.15) is 18.4 Å². The molecule has 0 aliphatic carbocycles. The lowest BCUT2D eigenvalue weighted by Gasteiger charge is -2.30. The number of alkyl halides is 2. The summed E-state index contributed by atoms with van der Waals surface area (Å²) in [6.45, 7) is 0.629. The molecule has 0 saturated heterocycles. The van der Waals surface area contributed by atoms with E-state index in [2.05, 4.69) is 0 Å². The molecule has 1 rings (SSSR count). The molecule has 0 heterocycles. The minimum absolute atomic E-state index is 0.244. The zero-order valence-corrected chi connectivity index (χ0v) is 11.4. The first-order valence-corrected chi connectivity index (χ1v) is 6.63. The second kappa shape index (κ2) is 7.20. The van der Waals surface area contributed by atoms with Crippen LogP contribution in [0, 0.1) is 5.82 Å². The number of halogens is 3. The van der Waals surface area contributed by atoms with Crippen molar-refractivity contribution in [2.75, 3.05) is 25.5 Å². The molecule has 1 aromatic carbocycles. The fourth-order valence-corrected chi connectivity index (χ4v) is 2.74. The summed E-state index contributed by atoms with van der Waals surface area (Å²) in [7, 11) is 1.65. The Labute approximate surface area is 112 Å². The maximum absolute atomic E-state index is 13.8. The predicted molar refractivity (Wildman–Crippen MR) is 70.6 cm³/mol. The summed E-state index contributed by atoms with van der Waals surface area (Å²) in [5, 5.41) is 0. The average Bonchev–Trinajstić information content (AvgIpc) is 2.36. The van der Waals surface area contributed by atoms with E-state index < -0.39 is 5.41 Å². The predicted octanol–water partition coefficient (Wildman–Crippen LogP) is 3.97. The normalized spacial score (nSPS) is 11.8. The number of ether oxygens (including phenoxy) is 1. The maximum Gasteiger partial charge on any atom is 0.127 e. The van der Waals surface area contributed by atoms with E-state index in [1.165, 1.54) is 6.07 Å². The smallest absolute Gasteiger partial charge is 0.127 e. The number of methoxy groups -OCH3 is 1. The Kier molecular flexibility index (Phi) is 6.24. The maximum atomic E-state index is 13.8. The molecule has 0 N–H and O–H groups in total. The van der Waals surface area contributed by atoms with Crippen molar-refractivity contribution < 1.29 is 9.13 Å². The Hall–Kier alpha value is -0.310. The van der Waals surface area contributed by atoms with E-state index in [9.17, 15) is 4.39 Å². The van der Waals surface area contributed by atoms with E-state index in [1.807, 2.05) is 6.07 Å². The lowest BCUT2D eigenvalue weighted by Crippen LogP contribution is -2.32. The van der Waals surface area contributed by atoms with Crippen LogP contribution in [0.5, 0.6) is 0 Å². The van der Waals surface area contributed by atoms with E-state index in [0.29, 0.717) is 23.9 Å². The molecule has 0 bridgehead atoms. The first kappa shape index (κ1) is 14.7. The van der Waals surface area contributed by atoms with Gasteiger partial charge in [-0.25, -0.2) is 4.39 Å². The first-order valence-electron chi connectivity index (χ1n) is 5.56. The first-order chi connectivity index (χ1) is 8.20. The van der Waals surface area contributed by atoms with Crippen LogP contribution >= 0.6 is 23.2 Å². The van der Waals surface area contributed by atoms with Crippen LogP contribution in [0.15, 0.2) is 24.3 Å². The molecule has 0 aliphatic rings. The second-order valence-corrected chi connectivity index (χ2v) is 4.66. The molecule has 0 aromatic heterocycles. The monoisotopic (exact) mass is 278 g/mol. The average molecular weight is 279 g/mol. The van der Waals surface area contributed by atoms with Crippen molar-refractivity contribution in [1.29, 1.82) is 0 Å². The van der Waals surface area contributed by atoms with Gasteiger partial charge >= 0.3 is 0 Å². The lowest BCUT2D eigenvalue weighted by atomic mass is 9.80. The van der Waals surface area contributed by atoms with Gasteiger partial charge in [0.2, 0.25) is 0 Å². The van der Waals surface area contributed by atoms with Crippen LogP contribution in [-0.2, 0) is 10.2 Å². The van der Waals surface area contributed by atoms with Crippen LogP contribution < -0.4 is 0 Å². The van der Waals surface area contributed by atoms with Gasteiger partial charge < -0.3 is 4.74 Å². The molecule has 0 fully saturated rings. The summed E-state index contributed by atoms with van der Waals surface area (Å²) in [4.78, 5) is 0. The highest BCUT2D eigenvalue weighted by Crippen LogP contribution is 2.34. The number of benzene rings is 1. The van der Waals surface area contributed by atoms with E-state index in [1.54, 1.807) is 19.2 Å². The van der Waals surface area contributed by atoms with Gasteiger partial charge in [-0.2, -0.15) is 0 Å². The SMILES string of the molecule is COCCCC(CCl)(CCl)c1ccccc1F. The molecule has 0 unspecified atom stereocenters. The van der Waals surface area contributed by atoms with Gasteiger partial charge in [0.25, 0.3) is 0 Å². The highest BCUT2D eigenvalue weighted by molar-refractivity contribution is 6.22. The van der Waals surface area contributed by atoms with Gasteiger partial charge in [-0.15, -0.1) is 23.2 Å². The highest BCUT2D eigenvalue weighted by atomic mass is 35.5. The molecule has 1 nitrogen and oxygen atoms in total. The van der Waals surface area contributed by atoms with Crippen LogP contribution in [-0.4, -0.2) is 25.5 Å². The van der Waals surface area contributed by atoms with E-state index in [4.69, 9.17) is 27.9 Å². The van der Waals surface area contributed by atoms with Crippen LogP contribution in [0.3, 0.4) is 0 Å². The van der Waals surface area contributed by atoms with Gasteiger partial charge in [0.05, 0.1) is 0 Å². The zero-order valence-electron chi connectivity index (χ0n) is 9.89. The Morgan fingerprint density at radius 2 is 1.88 bits per heavy atom. The molecular formula is C13H17Cl2FO. The molecular weight excluding hydrogens is 262 g/mol. The van der Waals surface area contributed by atoms with Gasteiger partial charge in [0, 0.05) is 30.9 Å². The highest BCUT2D eigenvalue weighted by Gasteiger charge is 2.32. The fourth-order valence-electron chi connectivity index (χ4n) is 1.89. The molecule has 4 heteroatoms. The van der Waals surface area contributed by atoms with E-state index >= 15 is 0 Å². The quantitative estimate of drug-likeness (QED) is 0.542. The Bertz CT molecular complexity index is 340. The van der Waals surface area contributed by atoms with Gasteiger partial charge in [-0.1, -0.05) is 18.2 Å². The van der Waals surface area contributed by atoms with Gasteiger partial charge in [-0.05, 0) is 24.5 Å². The number of hydrogen-bond acceptors (Lipinski definition) is 1. The van der Waals surface area contributed by atoms with Crippen molar-refractivity contribution >= 4 is 23.2 Å². The van der Waals surface area contributed by atoms with Crippen molar-refractivity contribution in [3.63, 3.8) is 0 Å². The summed E-state index contributed by atoms with van der Waals surface area (Å²) in [5.74, 6) is 0.369. The van der Waals surface area contributed by atoms with Crippen molar-refractivity contribution in [2.24, 2.45) is 0 Å². The third-order valence-corrected chi connectivity index (χ3v) is 3.98. The van der Waals surface area contributed by atoms with Crippen molar-refractivity contribution in [1.82, 2.24) is 0 Å². The third-order valence-electron chi connectivity index (χ3n) is 2.96. The van der Waals surface area contributed by atoms with E-state index in [0.717, 1.165) is 12.8 Å². The van der Waals surface area contributed by atoms with Crippen LogP contribution in [0.4, 0.5) is 4.39 Å². The molecule has 0 saturated carbocycles. The molecule has 96 valence electrons. The molecule has 0 amide bonds. The minimum atomic E-state index is -0.507. The fraction of sp³-hybridized carbons (Fsp3) is 0.538. The summed E-state index contributed by atoms with van der Waals surface area (Å²) in [5.41, 5.74) is 0.0913. The molecule has 1 aromatic rings. The largest absolute Gasteiger partial charge is 0.385 e. The summed E-state index contributed by atoms with van der Waals surface area (Å²) >= 11 is 12.0. The standard InChI is InChI=1S/C13H17Cl2FO/c1-17-8-4-7-13(9-14,10-15)11-5-2-3-6-12(11)16/h2-3,5-6H,4,7-10H2,1H3. The van der Waals surface area contributed by atoms with Crippen LogP contribution in [0.25, 0.3) is 0 Å². The topological polar surface area (TPSA) is 9.23 Å². The summed E-state index contributed by atoms with van der Waals surface area (Å²) in [6.07, 6.45) is 1.53. The second-order valence-electron chi connectivity index (χ2n) is 4.12. The number of rotatable bonds is 7. The molecule has 17 heavy (non-hydrogen) atoms. The Balaban J connectivity index is 2.94. The minimum Gasteiger partial charge on any atom is -0.385 e. The Morgan fingerprint density at radius 3 is 2.41 bits per heavy atom. The van der Waals surface area contributed by atoms with Gasteiger partial charge in [0.15, 0.2) is 0 Å². The molecule has 0 radical (unpaired) electrons. The molecule has 0 spiro atoms. The van der Waals surface area contributed by atoms with Crippen molar-refractivity contribution in [3.05, 3.63) is 35.6 Å². The number of hydrogen-bond donors (Lipinski definition) is 0. The van der Waals surface area contributed by atoms with Gasteiger partial charge in [-0.3, -0.25) is 0 Å². The zero-order chi connectivity index (χ0) is 12.7. The van der Waals surface area contributed by atoms with Crippen molar-refractivity contribution in [2.45, 2.75) is 18.3 Å². The van der Waals surface area contributed by atoms with E-state index in [-0.39, 0.29) is 5.82 Å². The summed E-state index contributed by atoms with van der Waals surface area (Å²) < 4.78 is 18.8. The van der Waals surface area contributed by atoms with Crippen LogP contribution in [0.2, 0.25) is 0 Å². The summed E-state index contributed by atoms with van der Waals surface area (Å²) in [6, 6.07) is 6.68.